The molecule has 0 unspecified atom stereocenters. The van der Waals surface area contributed by atoms with Crippen LogP contribution in [0.5, 0.6) is 0 Å². The predicted molar refractivity (Wildman–Crippen MR) is 153 cm³/mol. The number of hydrogen-bond donors (Lipinski definition) is 3. The Hall–Kier alpha value is -3.40. The Morgan fingerprint density at radius 1 is 1.16 bits per heavy atom. The van der Waals surface area contributed by atoms with Crippen molar-refractivity contribution in [1.82, 2.24) is 19.8 Å². The topological polar surface area (TPSA) is 111 Å². The Balaban J connectivity index is 1.42. The minimum absolute atomic E-state index is 0.0330. The average Bonchev–Trinajstić information content (AvgIpc) is 3.50. The second-order valence-corrected chi connectivity index (χ2v) is 11.9. The van der Waals surface area contributed by atoms with E-state index in [9.17, 15) is 22.4 Å². The Kier molecular flexibility index (Phi) is 9.15. The van der Waals surface area contributed by atoms with E-state index in [0.29, 0.717) is 49.4 Å². The van der Waals surface area contributed by atoms with Gasteiger partial charge in [0.15, 0.2) is 16.8 Å². The van der Waals surface area contributed by atoms with Crippen molar-refractivity contribution in [3.05, 3.63) is 52.5 Å². The van der Waals surface area contributed by atoms with Crippen molar-refractivity contribution in [1.29, 1.82) is 0 Å². The fourth-order valence-corrected chi connectivity index (χ4v) is 6.46. The molecule has 2 aliphatic rings. The smallest absolute Gasteiger partial charge is 0.416 e. The SMILES string of the molecule is C[C@@H]1CC[C@@H](N)N1Cc1sc(Nc2nccc(N3CCN(CCC(=O)O)CC3)c2F)nc1-c1cc(F)cc(C(F)(F)F)c1. The molecule has 5 rings (SSSR count). The number of rotatable bonds is 9. The summed E-state index contributed by atoms with van der Waals surface area (Å²) in [5.41, 5.74) is 5.56. The minimum atomic E-state index is -4.75. The number of benzene rings is 1. The van der Waals surface area contributed by atoms with Gasteiger partial charge in [-0.3, -0.25) is 14.6 Å². The quantitative estimate of drug-likeness (QED) is 0.280. The molecule has 0 radical (unpaired) electrons. The molecule has 1 aromatic carbocycles. The summed E-state index contributed by atoms with van der Waals surface area (Å²) in [4.78, 5) is 25.9. The molecule has 0 amide bonds. The summed E-state index contributed by atoms with van der Waals surface area (Å²) < 4.78 is 70.6. The number of alkyl halides is 3. The normalized spacial score (nSPS) is 20.1. The van der Waals surface area contributed by atoms with E-state index in [-0.39, 0.29) is 47.4 Å². The summed E-state index contributed by atoms with van der Waals surface area (Å²) >= 11 is 1.12. The number of carbonyl (C=O) groups is 1. The van der Waals surface area contributed by atoms with Crippen LogP contribution in [-0.2, 0) is 17.5 Å². The second kappa shape index (κ2) is 12.7. The van der Waals surface area contributed by atoms with Gasteiger partial charge in [0, 0.05) is 61.9 Å². The van der Waals surface area contributed by atoms with Crippen molar-refractivity contribution >= 4 is 33.9 Å². The molecule has 0 spiro atoms. The molecule has 43 heavy (non-hydrogen) atoms. The van der Waals surface area contributed by atoms with Gasteiger partial charge in [0.05, 0.1) is 29.5 Å². The molecule has 0 bridgehead atoms. The predicted octanol–water partition coefficient (Wildman–Crippen LogP) is 5.11. The lowest BCUT2D eigenvalue weighted by Gasteiger charge is -2.36. The van der Waals surface area contributed by atoms with Crippen molar-refractivity contribution in [2.75, 3.05) is 42.9 Å². The maximum Gasteiger partial charge on any atom is 0.416 e. The number of aliphatic carboxylic acids is 1. The lowest BCUT2D eigenvalue weighted by atomic mass is 10.1. The molecular formula is C28H32F5N7O2S. The van der Waals surface area contributed by atoms with Gasteiger partial charge in [0.1, 0.15) is 5.82 Å². The molecular weight excluding hydrogens is 593 g/mol. The Morgan fingerprint density at radius 3 is 2.56 bits per heavy atom. The zero-order valence-corrected chi connectivity index (χ0v) is 24.2. The van der Waals surface area contributed by atoms with Gasteiger partial charge in [0.2, 0.25) is 0 Å². The molecule has 9 nitrogen and oxygen atoms in total. The van der Waals surface area contributed by atoms with E-state index in [1.807, 2.05) is 21.6 Å². The Labute approximate surface area is 249 Å². The first-order valence-electron chi connectivity index (χ1n) is 13.9. The molecule has 2 fully saturated rings. The highest BCUT2D eigenvalue weighted by atomic mass is 32.1. The molecule has 2 atom stereocenters. The van der Waals surface area contributed by atoms with Crippen LogP contribution in [0.3, 0.4) is 0 Å². The first-order chi connectivity index (χ1) is 20.4. The molecule has 15 heteroatoms. The number of aromatic nitrogens is 2. The van der Waals surface area contributed by atoms with Crippen molar-refractivity contribution in [2.45, 2.75) is 51.1 Å². The molecule has 2 saturated heterocycles. The fourth-order valence-electron chi connectivity index (χ4n) is 5.47. The number of anilines is 3. The maximum absolute atomic E-state index is 15.7. The zero-order chi connectivity index (χ0) is 30.9. The molecule has 2 aliphatic heterocycles. The molecule has 4 N–H and O–H groups in total. The summed E-state index contributed by atoms with van der Waals surface area (Å²) in [5.74, 6) is -2.66. The summed E-state index contributed by atoms with van der Waals surface area (Å²) in [6.45, 7) is 4.82. The van der Waals surface area contributed by atoms with Gasteiger partial charge in [-0.1, -0.05) is 11.3 Å². The van der Waals surface area contributed by atoms with Crippen molar-refractivity contribution in [3.8, 4) is 11.3 Å². The number of piperazine rings is 1. The minimum Gasteiger partial charge on any atom is -0.481 e. The van der Waals surface area contributed by atoms with Crippen LogP contribution in [0.2, 0.25) is 0 Å². The van der Waals surface area contributed by atoms with Gasteiger partial charge < -0.3 is 21.1 Å². The van der Waals surface area contributed by atoms with Crippen LogP contribution in [0.1, 0.15) is 36.6 Å². The third kappa shape index (κ3) is 7.22. The van der Waals surface area contributed by atoms with E-state index in [0.717, 1.165) is 36.3 Å². The summed E-state index contributed by atoms with van der Waals surface area (Å²) in [7, 11) is 0. The number of carboxylic acids is 1. The molecule has 4 heterocycles. The second-order valence-electron chi connectivity index (χ2n) is 10.8. The molecule has 232 valence electrons. The largest absolute Gasteiger partial charge is 0.481 e. The number of halogens is 5. The number of nitrogens with zero attached hydrogens (tertiary/aromatic N) is 5. The van der Waals surface area contributed by atoms with Gasteiger partial charge >= 0.3 is 12.1 Å². The van der Waals surface area contributed by atoms with Gasteiger partial charge in [-0.15, -0.1) is 0 Å². The highest BCUT2D eigenvalue weighted by molar-refractivity contribution is 7.16. The van der Waals surface area contributed by atoms with Crippen LogP contribution < -0.4 is 16.0 Å². The van der Waals surface area contributed by atoms with Gasteiger partial charge in [-0.2, -0.15) is 13.2 Å². The van der Waals surface area contributed by atoms with Crippen molar-refractivity contribution in [2.24, 2.45) is 5.73 Å². The Bertz CT molecular complexity index is 1450. The monoisotopic (exact) mass is 625 g/mol. The highest BCUT2D eigenvalue weighted by Gasteiger charge is 2.33. The summed E-state index contributed by atoms with van der Waals surface area (Å²) in [6.07, 6.45) is -1.91. The number of pyridine rings is 1. The number of nitrogens with two attached hydrogens (primary N) is 1. The third-order valence-electron chi connectivity index (χ3n) is 7.84. The van der Waals surface area contributed by atoms with E-state index in [1.165, 1.54) is 6.20 Å². The standard InChI is InChI=1S/C28H32F5N7O2S/c1-16-2-3-22(34)40(16)15-21-25(17-12-18(28(31,32)33)14-19(29)13-17)36-27(43-21)37-26-24(30)20(4-6-35-26)39-10-8-38(9-11-39)7-5-23(41)42/h4,6,12-14,16,22H,2-3,5,7-11,15,34H2,1H3,(H,41,42)(H,35,36,37)/t16-,22+/m1/s1. The van der Waals surface area contributed by atoms with Crippen LogP contribution in [0.15, 0.2) is 30.5 Å². The van der Waals surface area contributed by atoms with E-state index in [2.05, 4.69) is 15.3 Å². The first kappa shape index (κ1) is 31.0. The van der Waals surface area contributed by atoms with E-state index in [4.69, 9.17) is 10.8 Å². The lowest BCUT2D eigenvalue weighted by Crippen LogP contribution is -2.47. The number of carboxylic acid groups (broad SMARTS) is 1. The van der Waals surface area contributed by atoms with Gasteiger partial charge in [0.25, 0.3) is 0 Å². The van der Waals surface area contributed by atoms with E-state index < -0.39 is 29.3 Å². The van der Waals surface area contributed by atoms with Crippen LogP contribution in [0.4, 0.5) is 38.6 Å². The molecule has 2 aromatic heterocycles. The Morgan fingerprint density at radius 2 is 1.91 bits per heavy atom. The number of hydrogen-bond acceptors (Lipinski definition) is 9. The lowest BCUT2D eigenvalue weighted by molar-refractivity contribution is -0.138. The van der Waals surface area contributed by atoms with Crippen molar-refractivity contribution < 1.29 is 31.9 Å². The maximum atomic E-state index is 15.7. The van der Waals surface area contributed by atoms with Crippen LogP contribution >= 0.6 is 11.3 Å². The number of nitrogens with one attached hydrogen (secondary N) is 1. The number of thiazole rings is 1. The van der Waals surface area contributed by atoms with Gasteiger partial charge in [-0.25, -0.2) is 18.7 Å². The average molecular weight is 626 g/mol. The van der Waals surface area contributed by atoms with Crippen LogP contribution in [0, 0.1) is 11.6 Å². The third-order valence-corrected chi connectivity index (χ3v) is 8.80. The van der Waals surface area contributed by atoms with E-state index in [1.54, 1.807) is 6.07 Å². The number of likely N-dealkylation sites (tertiary alicyclic amines) is 1. The zero-order valence-electron chi connectivity index (χ0n) is 23.4. The van der Waals surface area contributed by atoms with Crippen molar-refractivity contribution in [3.63, 3.8) is 0 Å². The first-order valence-corrected chi connectivity index (χ1v) is 14.7. The van der Waals surface area contributed by atoms with E-state index >= 15 is 4.39 Å². The fraction of sp³-hybridized carbons (Fsp3) is 0.464. The highest BCUT2D eigenvalue weighted by Crippen LogP contribution is 2.39. The summed E-state index contributed by atoms with van der Waals surface area (Å²) in [6, 6.07) is 3.96. The van der Waals surface area contributed by atoms with Gasteiger partial charge in [-0.05, 0) is 44.0 Å². The van der Waals surface area contributed by atoms with Crippen LogP contribution in [-0.4, -0.2) is 75.8 Å². The molecule has 0 saturated carbocycles. The molecule has 0 aliphatic carbocycles. The van der Waals surface area contributed by atoms with Crippen LogP contribution in [0.25, 0.3) is 11.3 Å². The summed E-state index contributed by atoms with van der Waals surface area (Å²) in [5, 5.41) is 12.0. The molecule has 3 aromatic rings.